The predicted molar refractivity (Wildman–Crippen MR) is 71.1 cm³/mol. The molecule has 0 unspecified atom stereocenters. The fourth-order valence-electron chi connectivity index (χ4n) is 1.49. The first-order valence-corrected chi connectivity index (χ1v) is 6.03. The molecule has 0 saturated heterocycles. The quantitative estimate of drug-likeness (QED) is 0.782. The van der Waals surface area contributed by atoms with Crippen molar-refractivity contribution in [3.8, 4) is 0 Å². The molecule has 0 aliphatic rings. The number of hydrogen-bond acceptors (Lipinski definition) is 3. The summed E-state index contributed by atoms with van der Waals surface area (Å²) in [7, 11) is 1.49. The van der Waals surface area contributed by atoms with Gasteiger partial charge >= 0.3 is 0 Å². The lowest BCUT2D eigenvalue weighted by Gasteiger charge is -2.17. The molecule has 0 aliphatic heterocycles. The number of nitrogens with zero attached hydrogens (tertiary/aromatic N) is 1. The van der Waals surface area contributed by atoms with Gasteiger partial charge in [0.25, 0.3) is 5.91 Å². The third-order valence-electron chi connectivity index (χ3n) is 2.55. The molecule has 0 atom stereocenters. The third kappa shape index (κ3) is 4.24. The Bertz CT molecular complexity index is 477. The van der Waals surface area contributed by atoms with Gasteiger partial charge in [-0.1, -0.05) is 6.92 Å². The lowest BCUT2D eigenvalue weighted by Crippen LogP contribution is -2.38. The molecule has 6 heteroatoms. The topological polar surface area (TPSA) is 75.4 Å². The van der Waals surface area contributed by atoms with Gasteiger partial charge in [-0.05, 0) is 24.6 Å². The van der Waals surface area contributed by atoms with Gasteiger partial charge in [0.1, 0.15) is 5.82 Å². The van der Waals surface area contributed by atoms with Crippen molar-refractivity contribution in [3.05, 3.63) is 29.6 Å². The standard InChI is InChI=1S/C13H18FN3O2/c1-3-6-16-12(18)8-17(2)13(19)9-4-5-11(15)10(14)7-9/h4-5,7H,3,6,8,15H2,1-2H3,(H,16,18). The van der Waals surface area contributed by atoms with Crippen LogP contribution in [0.25, 0.3) is 0 Å². The van der Waals surface area contributed by atoms with Crippen molar-refractivity contribution in [2.75, 3.05) is 25.9 Å². The van der Waals surface area contributed by atoms with E-state index in [1.54, 1.807) is 0 Å². The molecule has 0 spiro atoms. The SMILES string of the molecule is CCCNC(=O)CN(C)C(=O)c1ccc(N)c(F)c1. The highest BCUT2D eigenvalue weighted by Crippen LogP contribution is 2.13. The number of halogens is 1. The molecule has 5 nitrogen and oxygen atoms in total. The Labute approximate surface area is 111 Å². The Kier molecular flexibility index (Phi) is 5.29. The maximum atomic E-state index is 13.3. The summed E-state index contributed by atoms with van der Waals surface area (Å²) in [4.78, 5) is 24.7. The van der Waals surface area contributed by atoms with Crippen LogP contribution in [0.1, 0.15) is 23.7 Å². The largest absolute Gasteiger partial charge is 0.396 e. The second kappa shape index (κ2) is 6.72. The number of nitrogens with one attached hydrogen (secondary N) is 1. The van der Waals surface area contributed by atoms with Crippen LogP contribution in [-0.4, -0.2) is 36.9 Å². The summed E-state index contributed by atoms with van der Waals surface area (Å²) < 4.78 is 13.3. The number of amides is 2. The molecule has 0 radical (unpaired) electrons. The number of benzene rings is 1. The minimum atomic E-state index is -0.644. The smallest absolute Gasteiger partial charge is 0.254 e. The minimum absolute atomic E-state index is 0.0140. The van der Waals surface area contributed by atoms with E-state index >= 15 is 0 Å². The zero-order valence-corrected chi connectivity index (χ0v) is 11.1. The second-order valence-electron chi connectivity index (χ2n) is 4.25. The molecular formula is C13H18FN3O2. The number of anilines is 1. The van der Waals surface area contributed by atoms with Crippen LogP contribution in [0.4, 0.5) is 10.1 Å². The molecule has 0 saturated carbocycles. The van der Waals surface area contributed by atoms with Gasteiger partial charge in [-0.25, -0.2) is 4.39 Å². The monoisotopic (exact) mass is 267 g/mol. The Morgan fingerprint density at radius 3 is 2.68 bits per heavy atom. The highest BCUT2D eigenvalue weighted by atomic mass is 19.1. The number of hydrogen-bond donors (Lipinski definition) is 2. The molecule has 0 aromatic heterocycles. The summed E-state index contributed by atoms with van der Waals surface area (Å²) >= 11 is 0. The third-order valence-corrected chi connectivity index (χ3v) is 2.55. The zero-order valence-electron chi connectivity index (χ0n) is 11.1. The Morgan fingerprint density at radius 1 is 1.42 bits per heavy atom. The van der Waals surface area contributed by atoms with Crippen LogP contribution in [-0.2, 0) is 4.79 Å². The van der Waals surface area contributed by atoms with E-state index in [0.29, 0.717) is 6.54 Å². The van der Waals surface area contributed by atoms with Gasteiger partial charge in [0.15, 0.2) is 0 Å². The van der Waals surface area contributed by atoms with E-state index in [9.17, 15) is 14.0 Å². The highest BCUT2D eigenvalue weighted by molar-refractivity contribution is 5.96. The molecule has 0 bridgehead atoms. The fraction of sp³-hybridized carbons (Fsp3) is 0.385. The number of rotatable bonds is 5. The number of nitrogen functional groups attached to an aromatic ring is 1. The van der Waals surface area contributed by atoms with E-state index in [0.717, 1.165) is 12.5 Å². The first-order valence-electron chi connectivity index (χ1n) is 6.03. The Hall–Kier alpha value is -2.11. The van der Waals surface area contributed by atoms with Gasteiger partial charge in [-0.2, -0.15) is 0 Å². The fourth-order valence-corrected chi connectivity index (χ4v) is 1.49. The number of likely N-dealkylation sites (N-methyl/N-ethyl adjacent to an activating group) is 1. The zero-order chi connectivity index (χ0) is 14.4. The van der Waals surface area contributed by atoms with Crippen LogP contribution in [0, 0.1) is 5.82 Å². The van der Waals surface area contributed by atoms with E-state index in [2.05, 4.69) is 5.32 Å². The van der Waals surface area contributed by atoms with Gasteiger partial charge in [0.05, 0.1) is 12.2 Å². The van der Waals surface area contributed by atoms with Crippen molar-refractivity contribution in [3.63, 3.8) is 0 Å². The Morgan fingerprint density at radius 2 is 2.11 bits per heavy atom. The molecular weight excluding hydrogens is 249 g/mol. The van der Waals surface area contributed by atoms with Crippen molar-refractivity contribution in [1.82, 2.24) is 10.2 Å². The van der Waals surface area contributed by atoms with Crippen LogP contribution in [0.2, 0.25) is 0 Å². The van der Waals surface area contributed by atoms with Crippen LogP contribution >= 0.6 is 0 Å². The lowest BCUT2D eigenvalue weighted by atomic mass is 10.1. The minimum Gasteiger partial charge on any atom is -0.396 e. The van der Waals surface area contributed by atoms with E-state index in [1.165, 1.54) is 24.1 Å². The predicted octanol–water partition coefficient (Wildman–Crippen LogP) is 1.01. The first-order chi connectivity index (χ1) is 8.95. The summed E-state index contributed by atoms with van der Waals surface area (Å²) in [5.41, 5.74) is 5.49. The first kappa shape index (κ1) is 14.9. The second-order valence-corrected chi connectivity index (χ2v) is 4.25. The molecule has 1 aromatic carbocycles. The summed E-state index contributed by atoms with van der Waals surface area (Å²) in [6.45, 7) is 2.44. The van der Waals surface area contributed by atoms with Crippen molar-refractivity contribution < 1.29 is 14.0 Å². The summed E-state index contributed by atoms with van der Waals surface area (Å²) in [5, 5.41) is 2.66. The van der Waals surface area contributed by atoms with E-state index in [1.807, 2.05) is 6.92 Å². The highest BCUT2D eigenvalue weighted by Gasteiger charge is 2.15. The van der Waals surface area contributed by atoms with Crippen molar-refractivity contribution in [1.29, 1.82) is 0 Å². The van der Waals surface area contributed by atoms with Gasteiger partial charge in [-0.3, -0.25) is 9.59 Å². The van der Waals surface area contributed by atoms with Crippen LogP contribution in [0.5, 0.6) is 0 Å². The average Bonchev–Trinajstić information content (AvgIpc) is 2.38. The van der Waals surface area contributed by atoms with Crippen LogP contribution < -0.4 is 11.1 Å². The summed E-state index contributed by atoms with van der Waals surface area (Å²) in [6, 6.07) is 3.83. The molecule has 3 N–H and O–H groups in total. The molecule has 0 aliphatic carbocycles. The normalized spacial score (nSPS) is 10.1. The number of carbonyl (C=O) groups is 2. The van der Waals surface area contributed by atoms with E-state index < -0.39 is 11.7 Å². The van der Waals surface area contributed by atoms with Crippen LogP contribution in [0.3, 0.4) is 0 Å². The number of nitrogens with two attached hydrogens (primary N) is 1. The number of carbonyl (C=O) groups excluding carboxylic acids is 2. The van der Waals surface area contributed by atoms with Gasteiger partial charge in [-0.15, -0.1) is 0 Å². The van der Waals surface area contributed by atoms with Crippen molar-refractivity contribution >= 4 is 17.5 Å². The van der Waals surface area contributed by atoms with E-state index in [-0.39, 0.29) is 23.7 Å². The van der Waals surface area contributed by atoms with E-state index in [4.69, 9.17) is 5.73 Å². The Balaban J connectivity index is 2.66. The molecule has 1 rings (SSSR count). The summed E-state index contributed by atoms with van der Waals surface area (Å²) in [6.07, 6.45) is 0.826. The molecule has 1 aromatic rings. The molecule has 0 fully saturated rings. The molecule has 104 valence electrons. The van der Waals surface area contributed by atoms with Gasteiger partial charge in [0, 0.05) is 19.2 Å². The van der Waals surface area contributed by atoms with Gasteiger partial charge in [0.2, 0.25) is 5.91 Å². The van der Waals surface area contributed by atoms with Crippen molar-refractivity contribution in [2.45, 2.75) is 13.3 Å². The molecule has 19 heavy (non-hydrogen) atoms. The lowest BCUT2D eigenvalue weighted by molar-refractivity contribution is -0.121. The van der Waals surface area contributed by atoms with Crippen molar-refractivity contribution in [2.24, 2.45) is 0 Å². The molecule has 0 heterocycles. The van der Waals surface area contributed by atoms with Crippen LogP contribution in [0.15, 0.2) is 18.2 Å². The maximum absolute atomic E-state index is 13.3. The van der Waals surface area contributed by atoms with Gasteiger partial charge < -0.3 is 16.0 Å². The average molecular weight is 267 g/mol. The maximum Gasteiger partial charge on any atom is 0.254 e. The summed E-state index contributed by atoms with van der Waals surface area (Å²) in [5.74, 6) is -1.31. The molecule has 2 amide bonds.